The lowest BCUT2D eigenvalue weighted by atomic mass is 10.1. The zero-order chi connectivity index (χ0) is 14.1. The van der Waals surface area contributed by atoms with Gasteiger partial charge in [-0.1, -0.05) is 74.9 Å². The van der Waals surface area contributed by atoms with E-state index in [1.807, 2.05) is 18.2 Å². The molecule has 1 heteroatoms. The molecule has 1 aromatic rings. The first-order valence-corrected chi connectivity index (χ1v) is 9.01. The largest absolute Gasteiger partial charge is 0.113 e. The number of allylic oxidation sites excluding steroid dienone is 4. The third-order valence-electron chi connectivity index (χ3n) is 3.43. The van der Waals surface area contributed by atoms with E-state index >= 15 is 0 Å². The summed E-state index contributed by atoms with van der Waals surface area (Å²) >= 11 is 0. The Kier molecular flexibility index (Phi) is 6.53. The zero-order valence-electron chi connectivity index (χ0n) is 11.7. The van der Waals surface area contributed by atoms with Crippen LogP contribution in [-0.4, -0.2) is 18.5 Å². The zero-order valence-corrected chi connectivity index (χ0v) is 12.6. The van der Waals surface area contributed by atoms with Crippen LogP contribution in [0.2, 0.25) is 0 Å². The van der Waals surface area contributed by atoms with Crippen molar-refractivity contribution >= 4 is 7.26 Å². The minimum atomic E-state index is -1.30. The second kappa shape index (κ2) is 7.92. The van der Waals surface area contributed by atoms with Crippen molar-refractivity contribution < 1.29 is 0 Å². The van der Waals surface area contributed by atoms with Gasteiger partial charge in [0.2, 0.25) is 0 Å². The molecule has 0 aliphatic heterocycles. The van der Waals surface area contributed by atoms with E-state index in [0.29, 0.717) is 5.66 Å². The van der Waals surface area contributed by atoms with Crippen molar-refractivity contribution in [2.45, 2.75) is 5.66 Å². The van der Waals surface area contributed by atoms with E-state index in [1.54, 1.807) is 0 Å². The topological polar surface area (TPSA) is 0 Å². The van der Waals surface area contributed by atoms with Crippen LogP contribution in [-0.2, 0) is 0 Å². The quantitative estimate of drug-likeness (QED) is 0.411. The van der Waals surface area contributed by atoms with Gasteiger partial charge in [0.25, 0.3) is 0 Å². The van der Waals surface area contributed by atoms with Crippen LogP contribution in [0.15, 0.2) is 81.0 Å². The maximum atomic E-state index is 4.07. The van der Waals surface area contributed by atoms with Gasteiger partial charge in [-0.05, 0) is 11.6 Å². The van der Waals surface area contributed by atoms with E-state index in [-0.39, 0.29) is 0 Å². The average Bonchev–Trinajstić information content (AvgIpc) is 2.41. The van der Waals surface area contributed by atoms with Crippen LogP contribution in [0.25, 0.3) is 0 Å². The Balaban J connectivity index is 3.24. The molecule has 0 bridgehead atoms. The molecule has 0 N–H and O–H groups in total. The van der Waals surface area contributed by atoms with Gasteiger partial charge in [-0.2, -0.15) is 0 Å². The van der Waals surface area contributed by atoms with Crippen molar-refractivity contribution in [1.82, 2.24) is 0 Å². The fourth-order valence-corrected chi connectivity index (χ4v) is 6.58. The van der Waals surface area contributed by atoms with E-state index in [4.69, 9.17) is 0 Å². The fourth-order valence-electron chi connectivity index (χ4n) is 2.66. The van der Waals surface area contributed by atoms with E-state index in [1.165, 1.54) is 5.56 Å². The highest BCUT2D eigenvalue weighted by atomic mass is 31.2. The first-order chi connectivity index (χ1) is 9.24. The maximum absolute atomic E-state index is 4.07. The van der Waals surface area contributed by atoms with E-state index in [2.05, 4.69) is 62.7 Å². The van der Waals surface area contributed by atoms with Gasteiger partial charge in [-0.15, -0.1) is 0 Å². The molecule has 0 heterocycles. The van der Waals surface area contributed by atoms with Crippen molar-refractivity contribution in [3.05, 3.63) is 86.5 Å². The molecule has 0 amide bonds. The summed E-state index contributed by atoms with van der Waals surface area (Å²) in [7, 11) is -1.30. The van der Waals surface area contributed by atoms with Crippen LogP contribution in [0.5, 0.6) is 0 Å². The minimum Gasteiger partial charge on any atom is -0.0995 e. The summed E-state index contributed by atoms with van der Waals surface area (Å²) in [5.41, 5.74) is 1.74. The molecular weight excluding hydrogens is 247 g/mol. The van der Waals surface area contributed by atoms with Crippen molar-refractivity contribution in [1.29, 1.82) is 0 Å². The Labute approximate surface area is 118 Å². The fraction of sp³-hybridized carbons (Fsp3) is 0.222. The highest BCUT2D eigenvalue weighted by Gasteiger charge is 2.41. The second-order valence-electron chi connectivity index (χ2n) is 4.72. The normalized spacial score (nSPS) is 12.4. The monoisotopic (exact) mass is 271 g/mol. The van der Waals surface area contributed by atoms with Crippen molar-refractivity contribution in [2.24, 2.45) is 0 Å². The Morgan fingerprint density at radius 1 is 0.842 bits per heavy atom. The third-order valence-corrected chi connectivity index (χ3v) is 8.08. The molecule has 19 heavy (non-hydrogen) atoms. The third kappa shape index (κ3) is 3.78. The smallest absolute Gasteiger partial charge is 0.0995 e. The number of hydrogen-bond donors (Lipinski definition) is 0. The molecule has 0 aliphatic rings. The van der Waals surface area contributed by atoms with Crippen molar-refractivity contribution in [3.63, 3.8) is 0 Å². The first kappa shape index (κ1) is 15.7. The molecule has 0 radical (unpaired) electrons. The van der Waals surface area contributed by atoms with Gasteiger partial charge in [0.1, 0.15) is 5.66 Å². The molecule has 1 rings (SSSR count). The summed E-state index contributed by atoms with van der Waals surface area (Å²) in [6, 6.07) is 10.6. The predicted octanol–water partition coefficient (Wildman–Crippen LogP) is 5.49. The molecule has 0 nitrogen and oxygen atoms in total. The maximum Gasteiger partial charge on any atom is 0.113 e. The molecule has 0 saturated heterocycles. The molecule has 1 atom stereocenters. The molecule has 0 aliphatic carbocycles. The average molecular weight is 271 g/mol. The summed E-state index contributed by atoms with van der Waals surface area (Å²) < 4.78 is 0. The standard InChI is InChI=1S/C18H24P/c1-5-14-19(15-6-2,16-7-3)18(8-4)17-12-10-9-11-13-17/h5-13,18H,1-4,14-16H2/q+1. The summed E-state index contributed by atoms with van der Waals surface area (Å²) in [5, 5.41) is 0. The Morgan fingerprint density at radius 3 is 1.68 bits per heavy atom. The lowest BCUT2D eigenvalue weighted by Crippen LogP contribution is -2.12. The number of benzene rings is 1. The summed E-state index contributed by atoms with van der Waals surface area (Å²) in [4.78, 5) is 0. The molecule has 100 valence electrons. The summed E-state index contributed by atoms with van der Waals surface area (Å²) in [5.74, 6) is 0. The van der Waals surface area contributed by atoms with Gasteiger partial charge in [0.05, 0.1) is 18.5 Å². The Morgan fingerprint density at radius 2 is 1.32 bits per heavy atom. The highest BCUT2D eigenvalue weighted by molar-refractivity contribution is 7.76. The van der Waals surface area contributed by atoms with Gasteiger partial charge < -0.3 is 0 Å². The van der Waals surface area contributed by atoms with Crippen molar-refractivity contribution in [3.8, 4) is 0 Å². The van der Waals surface area contributed by atoms with Gasteiger partial charge in [-0.3, -0.25) is 0 Å². The highest BCUT2D eigenvalue weighted by Crippen LogP contribution is 2.70. The van der Waals surface area contributed by atoms with Gasteiger partial charge >= 0.3 is 0 Å². The molecule has 0 fully saturated rings. The lowest BCUT2D eigenvalue weighted by Gasteiger charge is -2.31. The van der Waals surface area contributed by atoms with Gasteiger partial charge in [0, 0.05) is 7.26 Å². The minimum absolute atomic E-state index is 0.391. The van der Waals surface area contributed by atoms with E-state index in [0.717, 1.165) is 18.5 Å². The lowest BCUT2D eigenvalue weighted by molar-refractivity contribution is 1.16. The molecule has 0 aromatic heterocycles. The van der Waals surface area contributed by atoms with Crippen LogP contribution in [0.3, 0.4) is 0 Å². The SMILES string of the molecule is C=CC[P+](CC=C)(CC=C)C(C=C)c1ccccc1. The predicted molar refractivity (Wildman–Crippen MR) is 91.5 cm³/mol. The second-order valence-corrected chi connectivity index (χ2v) is 8.81. The van der Waals surface area contributed by atoms with Crippen LogP contribution in [0.1, 0.15) is 11.2 Å². The first-order valence-electron chi connectivity index (χ1n) is 6.60. The molecule has 0 spiro atoms. The summed E-state index contributed by atoms with van der Waals surface area (Å²) in [6.45, 7) is 15.9. The molecule has 1 aromatic carbocycles. The molecular formula is C18H24P+. The molecule has 1 unspecified atom stereocenters. The molecule has 0 saturated carbocycles. The number of hydrogen-bond acceptors (Lipinski definition) is 0. The van der Waals surface area contributed by atoms with Crippen molar-refractivity contribution in [2.75, 3.05) is 18.5 Å². The van der Waals surface area contributed by atoms with Gasteiger partial charge in [0.15, 0.2) is 0 Å². The van der Waals surface area contributed by atoms with E-state index in [9.17, 15) is 0 Å². The van der Waals surface area contributed by atoms with Crippen LogP contribution in [0, 0.1) is 0 Å². The summed E-state index contributed by atoms with van der Waals surface area (Å²) in [6.07, 6.45) is 11.3. The van der Waals surface area contributed by atoms with Gasteiger partial charge in [-0.25, -0.2) is 0 Å². The van der Waals surface area contributed by atoms with Crippen LogP contribution < -0.4 is 0 Å². The van der Waals surface area contributed by atoms with E-state index < -0.39 is 7.26 Å². The number of rotatable bonds is 9. The Bertz CT molecular complexity index is 404. The Hall–Kier alpha value is -1.39. The van der Waals surface area contributed by atoms with Crippen LogP contribution in [0.4, 0.5) is 0 Å². The van der Waals surface area contributed by atoms with Crippen LogP contribution >= 0.6 is 7.26 Å².